The van der Waals surface area contributed by atoms with E-state index >= 15 is 0 Å². The fourth-order valence-electron chi connectivity index (χ4n) is 2.65. The molecule has 2 aromatic heterocycles. The van der Waals surface area contributed by atoms with Crippen molar-refractivity contribution in [3.05, 3.63) is 77.4 Å². The molecule has 0 saturated heterocycles. The van der Waals surface area contributed by atoms with Gasteiger partial charge in [0.1, 0.15) is 0 Å². The van der Waals surface area contributed by atoms with E-state index in [0.29, 0.717) is 5.75 Å². The molecule has 0 radical (unpaired) electrons. The maximum Gasteiger partial charge on any atom is 0.230 e. The standard InChI is InChI=1S/C20H22N4OS/c1-14(17-8-10-21-11-9-17)22-19(25)13-26-20-23-15(2)18(24-20)12-16-6-4-3-5-7-16/h3-11,14H,12-13H2,1-2H3,(H,22,25)(H,23,24). The van der Waals surface area contributed by atoms with Gasteiger partial charge in [0.25, 0.3) is 0 Å². The van der Waals surface area contributed by atoms with Gasteiger partial charge in [0.15, 0.2) is 5.16 Å². The predicted molar refractivity (Wildman–Crippen MR) is 104 cm³/mol. The molecule has 0 aliphatic carbocycles. The summed E-state index contributed by atoms with van der Waals surface area (Å²) in [6.45, 7) is 3.98. The Balaban J connectivity index is 1.53. The van der Waals surface area contributed by atoms with Gasteiger partial charge in [-0.2, -0.15) is 0 Å². The Morgan fingerprint density at radius 1 is 1.19 bits per heavy atom. The molecule has 134 valence electrons. The summed E-state index contributed by atoms with van der Waals surface area (Å²) in [5, 5.41) is 3.78. The first-order valence-electron chi connectivity index (χ1n) is 8.53. The van der Waals surface area contributed by atoms with E-state index in [1.54, 1.807) is 12.4 Å². The number of benzene rings is 1. The average Bonchev–Trinajstić information content (AvgIpc) is 3.01. The van der Waals surface area contributed by atoms with Crippen molar-refractivity contribution in [2.75, 3.05) is 5.75 Å². The number of aromatic nitrogens is 3. The maximum absolute atomic E-state index is 12.2. The van der Waals surface area contributed by atoms with Crippen LogP contribution in [0.25, 0.3) is 0 Å². The number of hydrogen-bond acceptors (Lipinski definition) is 4. The Labute approximate surface area is 157 Å². The molecular weight excluding hydrogens is 344 g/mol. The smallest absolute Gasteiger partial charge is 0.230 e. The molecule has 6 heteroatoms. The van der Waals surface area contributed by atoms with Crippen molar-refractivity contribution < 1.29 is 4.79 Å². The number of rotatable bonds is 7. The summed E-state index contributed by atoms with van der Waals surface area (Å²) < 4.78 is 0. The number of aromatic amines is 1. The number of amides is 1. The molecule has 2 N–H and O–H groups in total. The number of imidazole rings is 1. The lowest BCUT2D eigenvalue weighted by Gasteiger charge is -2.13. The number of H-pyrrole nitrogens is 1. The minimum absolute atomic E-state index is 0.0158. The topological polar surface area (TPSA) is 70.7 Å². The molecule has 26 heavy (non-hydrogen) atoms. The van der Waals surface area contributed by atoms with Crippen LogP contribution in [0.1, 0.15) is 35.5 Å². The van der Waals surface area contributed by atoms with E-state index in [0.717, 1.165) is 28.5 Å². The van der Waals surface area contributed by atoms with Crippen LogP contribution in [0, 0.1) is 6.92 Å². The molecule has 1 aromatic carbocycles. The van der Waals surface area contributed by atoms with Gasteiger partial charge < -0.3 is 10.3 Å². The van der Waals surface area contributed by atoms with Crippen LogP contribution in [0.5, 0.6) is 0 Å². The lowest BCUT2D eigenvalue weighted by molar-refractivity contribution is -0.119. The molecule has 5 nitrogen and oxygen atoms in total. The van der Waals surface area contributed by atoms with Crippen molar-refractivity contribution in [2.45, 2.75) is 31.5 Å². The molecule has 0 aliphatic rings. The van der Waals surface area contributed by atoms with Crippen LogP contribution < -0.4 is 5.32 Å². The van der Waals surface area contributed by atoms with E-state index in [1.165, 1.54) is 17.3 Å². The second-order valence-corrected chi connectivity index (χ2v) is 7.10. The summed E-state index contributed by atoms with van der Waals surface area (Å²) in [5.41, 5.74) is 4.33. The van der Waals surface area contributed by atoms with Crippen molar-refractivity contribution in [2.24, 2.45) is 0 Å². The Bertz CT molecular complexity index is 849. The van der Waals surface area contributed by atoms with Gasteiger partial charge in [0.2, 0.25) is 5.91 Å². The van der Waals surface area contributed by atoms with E-state index in [4.69, 9.17) is 0 Å². The van der Waals surface area contributed by atoms with Crippen molar-refractivity contribution in [3.63, 3.8) is 0 Å². The minimum Gasteiger partial charge on any atom is -0.349 e. The monoisotopic (exact) mass is 366 g/mol. The molecule has 1 amide bonds. The van der Waals surface area contributed by atoms with Gasteiger partial charge in [-0.05, 0) is 37.1 Å². The summed E-state index contributed by atoms with van der Waals surface area (Å²) >= 11 is 1.42. The number of nitrogens with one attached hydrogen (secondary N) is 2. The molecule has 3 aromatic rings. The highest BCUT2D eigenvalue weighted by molar-refractivity contribution is 7.99. The van der Waals surface area contributed by atoms with Crippen LogP contribution in [0.4, 0.5) is 0 Å². The van der Waals surface area contributed by atoms with Gasteiger partial charge in [0, 0.05) is 24.5 Å². The highest BCUT2D eigenvalue weighted by Crippen LogP contribution is 2.19. The van der Waals surface area contributed by atoms with Gasteiger partial charge in [-0.15, -0.1) is 0 Å². The first kappa shape index (κ1) is 18.2. The molecule has 0 saturated carbocycles. The summed E-state index contributed by atoms with van der Waals surface area (Å²) in [6.07, 6.45) is 4.24. The van der Waals surface area contributed by atoms with Crippen LogP contribution in [-0.4, -0.2) is 26.6 Å². The summed E-state index contributed by atoms with van der Waals surface area (Å²) in [7, 11) is 0. The Morgan fingerprint density at radius 3 is 2.65 bits per heavy atom. The number of nitrogens with zero attached hydrogens (tertiary/aromatic N) is 2. The van der Waals surface area contributed by atoms with Crippen molar-refractivity contribution >= 4 is 17.7 Å². The van der Waals surface area contributed by atoms with E-state index in [1.807, 2.05) is 44.2 Å². The van der Waals surface area contributed by atoms with E-state index in [-0.39, 0.29) is 11.9 Å². The number of carbonyl (C=O) groups excluding carboxylic acids is 1. The molecule has 2 heterocycles. The van der Waals surface area contributed by atoms with Gasteiger partial charge >= 0.3 is 0 Å². The molecule has 0 spiro atoms. The normalized spacial score (nSPS) is 11.9. The highest BCUT2D eigenvalue weighted by Gasteiger charge is 2.12. The third kappa shape index (κ3) is 4.95. The van der Waals surface area contributed by atoms with Crippen LogP contribution in [-0.2, 0) is 11.2 Å². The SMILES string of the molecule is Cc1[nH]c(SCC(=O)NC(C)c2ccncc2)nc1Cc1ccccc1. The van der Waals surface area contributed by atoms with E-state index in [2.05, 4.69) is 32.4 Å². The first-order chi connectivity index (χ1) is 12.6. The number of pyridine rings is 1. The molecule has 0 fully saturated rings. The average molecular weight is 366 g/mol. The third-order valence-corrected chi connectivity index (χ3v) is 4.98. The van der Waals surface area contributed by atoms with E-state index < -0.39 is 0 Å². The first-order valence-corrected chi connectivity index (χ1v) is 9.52. The largest absolute Gasteiger partial charge is 0.349 e. The summed E-state index contributed by atoms with van der Waals surface area (Å²) in [5.74, 6) is 0.311. The van der Waals surface area contributed by atoms with Crippen molar-refractivity contribution in [3.8, 4) is 0 Å². The lowest BCUT2D eigenvalue weighted by Crippen LogP contribution is -2.28. The highest BCUT2D eigenvalue weighted by atomic mass is 32.2. The van der Waals surface area contributed by atoms with Crippen molar-refractivity contribution in [1.29, 1.82) is 0 Å². The quantitative estimate of drug-likeness (QED) is 0.626. The fraction of sp³-hybridized carbons (Fsp3) is 0.250. The summed E-state index contributed by atoms with van der Waals surface area (Å²) in [4.78, 5) is 24.1. The Kier molecular flexibility index (Phi) is 6.07. The van der Waals surface area contributed by atoms with Gasteiger partial charge in [-0.3, -0.25) is 9.78 Å². The minimum atomic E-state index is -0.0434. The predicted octanol–water partition coefficient (Wildman–Crippen LogP) is 3.67. The second-order valence-electron chi connectivity index (χ2n) is 6.13. The summed E-state index contributed by atoms with van der Waals surface area (Å²) in [6, 6.07) is 14.0. The van der Waals surface area contributed by atoms with Gasteiger partial charge in [-0.1, -0.05) is 42.1 Å². The Morgan fingerprint density at radius 2 is 1.92 bits per heavy atom. The van der Waals surface area contributed by atoms with Crippen LogP contribution >= 0.6 is 11.8 Å². The molecule has 0 bridgehead atoms. The number of thioether (sulfide) groups is 1. The van der Waals surface area contributed by atoms with E-state index in [9.17, 15) is 4.79 Å². The molecule has 0 aliphatic heterocycles. The van der Waals surface area contributed by atoms with Crippen LogP contribution in [0.2, 0.25) is 0 Å². The zero-order valence-electron chi connectivity index (χ0n) is 14.9. The molecule has 1 atom stereocenters. The van der Waals surface area contributed by atoms with Gasteiger partial charge in [0.05, 0.1) is 17.5 Å². The molecule has 1 unspecified atom stereocenters. The Hall–Kier alpha value is -2.60. The zero-order valence-corrected chi connectivity index (χ0v) is 15.7. The number of aryl methyl sites for hydroxylation is 1. The van der Waals surface area contributed by atoms with Crippen molar-refractivity contribution in [1.82, 2.24) is 20.3 Å². The number of carbonyl (C=O) groups is 1. The van der Waals surface area contributed by atoms with Crippen LogP contribution in [0.3, 0.4) is 0 Å². The zero-order chi connectivity index (χ0) is 18.4. The fourth-order valence-corrected chi connectivity index (χ4v) is 3.40. The lowest BCUT2D eigenvalue weighted by atomic mass is 10.1. The maximum atomic E-state index is 12.2. The number of hydrogen-bond donors (Lipinski definition) is 2. The second kappa shape index (κ2) is 8.67. The molecule has 3 rings (SSSR count). The molecular formula is C20H22N4OS. The van der Waals surface area contributed by atoms with Gasteiger partial charge in [-0.25, -0.2) is 4.98 Å². The third-order valence-electron chi connectivity index (χ3n) is 4.10. The van der Waals surface area contributed by atoms with Crippen LogP contribution in [0.15, 0.2) is 60.0 Å².